The smallest absolute Gasteiger partial charge is 0.397 e. The molecule has 0 radical (unpaired) electrons. The van der Waals surface area contributed by atoms with Gasteiger partial charge in [-0.05, 0) is 0 Å². The fraction of sp³-hybridized carbons (Fsp3) is 0.826. The third-order valence-electron chi connectivity index (χ3n) is 7.12. The van der Waals surface area contributed by atoms with Gasteiger partial charge in [-0.1, -0.05) is 0 Å². The molecule has 0 aliphatic carbocycles. The number of hydrogen-bond acceptors (Lipinski definition) is 20. The van der Waals surface area contributed by atoms with Crippen molar-refractivity contribution in [1.29, 1.82) is 0 Å². The van der Waals surface area contributed by atoms with Crippen LogP contribution in [0.4, 0.5) is 0 Å². The van der Waals surface area contributed by atoms with Crippen LogP contribution in [0.25, 0.3) is 0 Å². The Morgan fingerprint density at radius 1 is 0.776 bits per heavy atom. The quantitative estimate of drug-likeness (QED) is 0.0692. The van der Waals surface area contributed by atoms with Crippen LogP contribution in [0.2, 0.25) is 0 Å². The van der Waals surface area contributed by atoms with Crippen LogP contribution in [0.15, 0.2) is 0 Å². The summed E-state index contributed by atoms with van der Waals surface area (Å²) in [5.41, 5.74) is 0. The zero-order valence-electron chi connectivity index (χ0n) is 25.3. The number of methoxy groups -OCH3 is 1. The highest BCUT2D eigenvalue weighted by Crippen LogP contribution is 2.32. The summed E-state index contributed by atoms with van der Waals surface area (Å²) in [5, 5.41) is 118. The lowest BCUT2D eigenvalue weighted by molar-refractivity contribution is -0.295. The molecule has 2 heterocycles. The Kier molecular flexibility index (Phi) is 16.7. The Balaban J connectivity index is 0.000000494. The zero-order chi connectivity index (χ0) is 38.1. The minimum absolute atomic E-state index is 0.667. The van der Waals surface area contributed by atoms with Crippen molar-refractivity contribution < 1.29 is 112 Å². The van der Waals surface area contributed by atoms with E-state index in [4.69, 9.17) is 49.4 Å². The van der Waals surface area contributed by atoms with E-state index < -0.39 is 146 Å². The van der Waals surface area contributed by atoms with Gasteiger partial charge in [0.15, 0.2) is 0 Å². The number of aliphatic hydroxyl groups is 10. The Morgan fingerprint density at radius 2 is 1.12 bits per heavy atom. The average Bonchev–Trinajstić information content (AvgIpc) is 3.01. The number of carbonyl (C=O) groups is 4. The van der Waals surface area contributed by atoms with Crippen LogP contribution in [0.5, 0.6) is 0 Å². The molecule has 12 unspecified atom stereocenters. The first-order valence-electron chi connectivity index (χ1n) is 13.7. The van der Waals surface area contributed by atoms with E-state index in [1.165, 1.54) is 0 Å². The minimum atomic E-state index is -5.17. The molecule has 12 atom stereocenters. The lowest BCUT2D eigenvalue weighted by Gasteiger charge is -2.45. The predicted octanol–water partition coefficient (Wildman–Crippen LogP) is -9.32. The van der Waals surface area contributed by atoms with Crippen molar-refractivity contribution in [2.24, 2.45) is 0 Å². The number of rotatable bonds is 15. The summed E-state index contributed by atoms with van der Waals surface area (Å²) in [7, 11) is -4.01. The maximum absolute atomic E-state index is 11.4. The summed E-state index contributed by atoms with van der Waals surface area (Å²) in [5.74, 6) is -11.6. The van der Waals surface area contributed by atoms with E-state index in [1.807, 2.05) is 5.32 Å². The summed E-state index contributed by atoms with van der Waals surface area (Å²) in [6.45, 7) is -3.86. The first-order chi connectivity index (χ1) is 22.5. The Bertz CT molecular complexity index is 1240. The fourth-order valence-corrected chi connectivity index (χ4v) is 5.20. The molecular formula is C23H40N2O23S. The summed E-state index contributed by atoms with van der Waals surface area (Å²) >= 11 is 0. The second kappa shape index (κ2) is 18.5. The van der Waals surface area contributed by atoms with Gasteiger partial charge in [-0.2, -0.15) is 8.42 Å². The molecule has 2 saturated heterocycles. The van der Waals surface area contributed by atoms with Crippen molar-refractivity contribution in [1.82, 2.24) is 10.6 Å². The molecule has 0 bridgehead atoms. The van der Waals surface area contributed by atoms with Crippen LogP contribution in [0.3, 0.4) is 0 Å². The minimum Gasteiger partial charge on any atom is -0.477 e. The number of nitrogens with one attached hydrogen (secondary N) is 2. The Hall–Kier alpha value is -2.77. The van der Waals surface area contributed by atoms with Gasteiger partial charge in [-0.3, -0.25) is 14.1 Å². The van der Waals surface area contributed by atoms with E-state index in [0.717, 1.165) is 7.11 Å². The zero-order valence-corrected chi connectivity index (χ0v) is 26.1. The number of ether oxygens (including phenoxy) is 3. The number of carboxylic acid groups (broad SMARTS) is 2. The van der Waals surface area contributed by atoms with Crippen molar-refractivity contribution in [2.75, 3.05) is 33.5 Å². The molecular weight excluding hydrogens is 704 g/mol. The molecule has 0 aromatic rings. The van der Waals surface area contributed by atoms with Crippen LogP contribution >= 0.6 is 0 Å². The largest absolute Gasteiger partial charge is 0.477 e. The monoisotopic (exact) mass is 744 g/mol. The first-order valence-corrected chi connectivity index (χ1v) is 15.1. The average molecular weight is 745 g/mol. The van der Waals surface area contributed by atoms with Crippen LogP contribution in [-0.2, 0) is 48.0 Å². The van der Waals surface area contributed by atoms with Gasteiger partial charge in [0.05, 0.1) is 37.5 Å². The van der Waals surface area contributed by atoms with Gasteiger partial charge in [0, 0.05) is 20.0 Å². The van der Waals surface area contributed by atoms with E-state index in [0.29, 0.717) is 0 Å². The molecule has 26 heteroatoms. The molecule has 286 valence electrons. The summed E-state index contributed by atoms with van der Waals surface area (Å²) in [6.07, 6.45) is -16.1. The highest BCUT2D eigenvalue weighted by Gasteiger charge is 2.55. The SMILES string of the molecule is COC(CO)C(O)C1OC(O)(C(=O)O)CC(O)C1NC(=O)CO.O=C(CO)NC1C(O)CC(O)(C(=O)O)OC1C(O)C(CO)OS(=O)(=O)O. The topological polar surface area (TPSA) is 426 Å². The number of amides is 2. The van der Waals surface area contributed by atoms with Gasteiger partial charge in [-0.15, -0.1) is 0 Å². The van der Waals surface area contributed by atoms with Gasteiger partial charge in [-0.25, -0.2) is 13.8 Å². The highest BCUT2D eigenvalue weighted by molar-refractivity contribution is 7.80. The second-order valence-corrected chi connectivity index (χ2v) is 11.6. The molecule has 0 saturated carbocycles. The van der Waals surface area contributed by atoms with Crippen molar-refractivity contribution in [3.8, 4) is 0 Å². The number of aliphatic hydroxyl groups excluding tert-OH is 8. The molecule has 0 spiro atoms. The van der Waals surface area contributed by atoms with E-state index in [2.05, 4.69) is 9.50 Å². The Morgan fingerprint density at radius 3 is 1.39 bits per heavy atom. The molecule has 49 heavy (non-hydrogen) atoms. The maximum atomic E-state index is 11.4. The lowest BCUT2D eigenvalue weighted by atomic mass is 9.88. The van der Waals surface area contributed by atoms with E-state index in [-0.39, 0.29) is 0 Å². The molecule has 0 aromatic heterocycles. The standard InChI is InChI=1S/C12H21NO10.C11H19NO13S/c1-22-6(3-14)9(18)10-8(13-7(17)4-15)5(16)2-12(21,23-10)11(19)20;13-2-5(25-26(21,22)23)8(17)9-7(12-6(16)3-14)4(15)1-11(20,24-9)10(18)19/h5-6,8-10,14-16,18,21H,2-4H2,1H3,(H,13,17)(H,19,20);4-5,7-9,13-15,17,20H,1-3H2,(H,12,16)(H,18,19)(H,21,22,23). The molecule has 0 aromatic carbocycles. The molecule has 2 amide bonds. The number of carboxylic acids is 2. The van der Waals surface area contributed by atoms with Crippen LogP contribution in [-0.4, -0.2) is 204 Å². The maximum Gasteiger partial charge on any atom is 0.397 e. The summed E-state index contributed by atoms with van der Waals surface area (Å²) in [6, 6.07) is -2.98. The van der Waals surface area contributed by atoms with Crippen molar-refractivity contribution in [3.05, 3.63) is 0 Å². The van der Waals surface area contributed by atoms with E-state index >= 15 is 0 Å². The third kappa shape index (κ3) is 11.9. The normalized spacial score (nSPS) is 32.7. The highest BCUT2D eigenvalue weighted by atomic mass is 32.3. The van der Waals surface area contributed by atoms with Gasteiger partial charge in [0.2, 0.25) is 11.8 Å². The lowest BCUT2D eigenvalue weighted by Crippen LogP contribution is -2.67. The summed E-state index contributed by atoms with van der Waals surface area (Å²) < 4.78 is 48.8. The molecule has 25 nitrogen and oxygen atoms in total. The predicted molar refractivity (Wildman–Crippen MR) is 148 cm³/mol. The molecule has 15 N–H and O–H groups in total. The third-order valence-corrected chi connectivity index (χ3v) is 7.61. The number of hydrogen-bond donors (Lipinski definition) is 15. The van der Waals surface area contributed by atoms with Crippen LogP contribution < -0.4 is 10.6 Å². The first kappa shape index (κ1) is 44.3. The number of carbonyl (C=O) groups excluding carboxylic acids is 2. The molecule has 2 fully saturated rings. The fourth-order valence-electron chi connectivity index (χ4n) is 4.71. The van der Waals surface area contributed by atoms with Crippen molar-refractivity contribution in [3.63, 3.8) is 0 Å². The van der Waals surface area contributed by atoms with Crippen LogP contribution in [0, 0.1) is 0 Å². The molecule has 2 aliphatic rings. The van der Waals surface area contributed by atoms with Crippen LogP contribution in [0.1, 0.15) is 12.8 Å². The van der Waals surface area contributed by atoms with E-state index in [1.54, 1.807) is 0 Å². The van der Waals surface area contributed by atoms with Gasteiger partial charge < -0.3 is 86.1 Å². The molecule has 2 rings (SSSR count). The Labute approximate surface area is 275 Å². The van der Waals surface area contributed by atoms with Gasteiger partial charge in [0.25, 0.3) is 11.6 Å². The summed E-state index contributed by atoms with van der Waals surface area (Å²) in [4.78, 5) is 44.9. The van der Waals surface area contributed by atoms with Gasteiger partial charge >= 0.3 is 22.3 Å². The molecule has 2 aliphatic heterocycles. The van der Waals surface area contributed by atoms with Gasteiger partial charge in [0.1, 0.15) is 49.8 Å². The second-order valence-electron chi connectivity index (χ2n) is 10.6. The van der Waals surface area contributed by atoms with E-state index in [9.17, 15) is 58.2 Å². The number of aliphatic carboxylic acids is 2. The van der Waals surface area contributed by atoms with Crippen molar-refractivity contribution in [2.45, 2.75) is 85.3 Å². The van der Waals surface area contributed by atoms with Crippen molar-refractivity contribution >= 4 is 34.2 Å².